The molecule has 0 aliphatic heterocycles. The normalized spacial score (nSPS) is 28.0. The Balaban J connectivity index is 1.78. The van der Waals surface area contributed by atoms with E-state index in [0.717, 1.165) is 41.2 Å². The van der Waals surface area contributed by atoms with Crippen molar-refractivity contribution in [1.82, 2.24) is 0 Å². The van der Waals surface area contributed by atoms with Gasteiger partial charge >= 0.3 is 0 Å². The first-order chi connectivity index (χ1) is 10.0. The van der Waals surface area contributed by atoms with Crippen LogP contribution in [0, 0.1) is 19.3 Å². The van der Waals surface area contributed by atoms with E-state index in [9.17, 15) is 5.11 Å². The van der Waals surface area contributed by atoms with Gasteiger partial charge in [0.1, 0.15) is 11.9 Å². The van der Waals surface area contributed by atoms with E-state index < -0.39 is 0 Å². The fraction of sp³-hybridized carbons (Fsp3) is 0.667. The molecule has 2 nitrogen and oxygen atoms in total. The molecule has 0 saturated heterocycles. The zero-order valence-electron chi connectivity index (χ0n) is 13.0. The van der Waals surface area contributed by atoms with Crippen LogP contribution in [-0.4, -0.2) is 17.3 Å². The molecule has 3 heteroatoms. The minimum atomic E-state index is -0.185. The SMILES string of the molecule is Cc1cc(OC2CC(O)C23CCCCCC3)cc(C)c1Cl. The van der Waals surface area contributed by atoms with E-state index in [1.54, 1.807) is 0 Å². The summed E-state index contributed by atoms with van der Waals surface area (Å²) >= 11 is 6.23. The van der Waals surface area contributed by atoms with Crippen LogP contribution < -0.4 is 4.74 Å². The molecule has 1 aromatic carbocycles. The van der Waals surface area contributed by atoms with Crippen molar-refractivity contribution in [3.63, 3.8) is 0 Å². The van der Waals surface area contributed by atoms with Crippen LogP contribution in [0.5, 0.6) is 5.75 Å². The molecule has 0 heterocycles. The van der Waals surface area contributed by atoms with Gasteiger partial charge in [-0.15, -0.1) is 0 Å². The maximum atomic E-state index is 10.3. The van der Waals surface area contributed by atoms with Crippen LogP contribution in [0.3, 0.4) is 0 Å². The quantitative estimate of drug-likeness (QED) is 0.849. The number of aliphatic hydroxyl groups excluding tert-OH is 1. The molecule has 3 rings (SSSR count). The largest absolute Gasteiger partial charge is 0.490 e. The van der Waals surface area contributed by atoms with Crippen molar-refractivity contribution in [3.8, 4) is 5.75 Å². The Labute approximate surface area is 132 Å². The molecule has 0 aromatic heterocycles. The van der Waals surface area contributed by atoms with Crippen molar-refractivity contribution >= 4 is 11.6 Å². The zero-order chi connectivity index (χ0) is 15.0. The first-order valence-electron chi connectivity index (χ1n) is 8.14. The van der Waals surface area contributed by atoms with Gasteiger partial charge in [0.15, 0.2) is 0 Å². The average Bonchev–Trinajstić information content (AvgIpc) is 2.72. The van der Waals surface area contributed by atoms with Crippen molar-refractivity contribution in [3.05, 3.63) is 28.3 Å². The van der Waals surface area contributed by atoms with E-state index in [1.165, 1.54) is 25.7 Å². The lowest BCUT2D eigenvalue weighted by atomic mass is 9.59. The fourth-order valence-electron chi connectivity index (χ4n) is 4.07. The molecule has 2 saturated carbocycles. The Morgan fingerprint density at radius 1 is 1.10 bits per heavy atom. The third-order valence-electron chi connectivity index (χ3n) is 5.46. The standard InChI is InChI=1S/C18H25ClO2/c1-12-9-14(10-13(2)17(12)19)21-16-11-15(20)18(16)7-5-3-4-6-8-18/h9-10,15-16,20H,3-8,11H2,1-2H3. The van der Waals surface area contributed by atoms with Gasteiger partial charge in [-0.1, -0.05) is 37.3 Å². The first kappa shape index (κ1) is 15.2. The lowest BCUT2D eigenvalue weighted by Crippen LogP contribution is -2.59. The molecule has 2 aliphatic rings. The molecular weight excluding hydrogens is 284 g/mol. The second kappa shape index (κ2) is 5.81. The van der Waals surface area contributed by atoms with Crippen molar-refractivity contribution < 1.29 is 9.84 Å². The molecule has 116 valence electrons. The molecule has 2 aliphatic carbocycles. The molecular formula is C18H25ClO2. The van der Waals surface area contributed by atoms with Crippen LogP contribution in [0.15, 0.2) is 12.1 Å². The monoisotopic (exact) mass is 308 g/mol. The third-order valence-corrected chi connectivity index (χ3v) is 6.06. The van der Waals surface area contributed by atoms with Gasteiger partial charge < -0.3 is 9.84 Å². The predicted octanol–water partition coefficient (Wildman–Crippen LogP) is 4.81. The number of hydrogen-bond donors (Lipinski definition) is 1. The Morgan fingerprint density at radius 3 is 2.19 bits per heavy atom. The van der Waals surface area contributed by atoms with Crippen molar-refractivity contribution in [2.75, 3.05) is 0 Å². The smallest absolute Gasteiger partial charge is 0.120 e. The summed E-state index contributed by atoms with van der Waals surface area (Å²) in [4.78, 5) is 0. The molecule has 2 unspecified atom stereocenters. The second-order valence-corrected chi connectivity index (χ2v) is 7.25. The predicted molar refractivity (Wildman–Crippen MR) is 86.1 cm³/mol. The van der Waals surface area contributed by atoms with Crippen LogP contribution in [-0.2, 0) is 0 Å². The number of halogens is 1. The molecule has 2 fully saturated rings. The second-order valence-electron chi connectivity index (χ2n) is 6.88. The highest BCUT2D eigenvalue weighted by Gasteiger charge is 2.55. The minimum absolute atomic E-state index is 0.00204. The summed E-state index contributed by atoms with van der Waals surface area (Å²) in [6.07, 6.45) is 7.96. The van der Waals surface area contributed by atoms with Gasteiger partial charge in [0.25, 0.3) is 0 Å². The number of aliphatic hydroxyl groups is 1. The van der Waals surface area contributed by atoms with Gasteiger partial charge in [0.05, 0.1) is 6.10 Å². The van der Waals surface area contributed by atoms with Gasteiger partial charge in [-0.05, 0) is 49.9 Å². The highest BCUT2D eigenvalue weighted by Crippen LogP contribution is 2.52. The maximum Gasteiger partial charge on any atom is 0.120 e. The number of hydrogen-bond acceptors (Lipinski definition) is 2. The Hall–Kier alpha value is -0.730. The Bertz CT molecular complexity index is 495. The average molecular weight is 309 g/mol. The van der Waals surface area contributed by atoms with Crippen LogP contribution in [0.2, 0.25) is 5.02 Å². The minimum Gasteiger partial charge on any atom is -0.490 e. The van der Waals surface area contributed by atoms with Gasteiger partial charge in [-0.3, -0.25) is 0 Å². The summed E-state index contributed by atoms with van der Waals surface area (Å²) in [6.45, 7) is 4.03. The number of benzene rings is 1. The molecule has 2 atom stereocenters. The van der Waals surface area contributed by atoms with Gasteiger partial charge in [-0.2, -0.15) is 0 Å². The van der Waals surface area contributed by atoms with Crippen molar-refractivity contribution in [2.45, 2.75) is 71.0 Å². The molecule has 21 heavy (non-hydrogen) atoms. The molecule has 1 N–H and O–H groups in total. The fourth-order valence-corrected chi connectivity index (χ4v) is 4.18. The van der Waals surface area contributed by atoms with E-state index in [-0.39, 0.29) is 17.6 Å². The molecule has 0 radical (unpaired) electrons. The number of aryl methyl sites for hydroxylation is 2. The Kier molecular flexibility index (Phi) is 4.20. The third kappa shape index (κ3) is 2.68. The molecule has 0 bridgehead atoms. The summed E-state index contributed by atoms with van der Waals surface area (Å²) < 4.78 is 6.27. The Morgan fingerprint density at radius 2 is 1.67 bits per heavy atom. The lowest BCUT2D eigenvalue weighted by molar-refractivity contribution is -0.163. The van der Waals surface area contributed by atoms with E-state index >= 15 is 0 Å². The summed E-state index contributed by atoms with van der Waals surface area (Å²) in [5, 5.41) is 11.2. The molecule has 0 amide bonds. The van der Waals surface area contributed by atoms with E-state index in [0.29, 0.717) is 0 Å². The lowest BCUT2D eigenvalue weighted by Gasteiger charge is -2.53. The van der Waals surface area contributed by atoms with Crippen LogP contribution in [0.25, 0.3) is 0 Å². The van der Waals surface area contributed by atoms with E-state index in [1.807, 2.05) is 26.0 Å². The molecule has 1 spiro atoms. The maximum absolute atomic E-state index is 10.3. The van der Waals surface area contributed by atoms with Crippen LogP contribution >= 0.6 is 11.6 Å². The summed E-state index contributed by atoms with van der Waals surface area (Å²) in [5.41, 5.74) is 2.11. The highest BCUT2D eigenvalue weighted by molar-refractivity contribution is 6.32. The highest BCUT2D eigenvalue weighted by atomic mass is 35.5. The summed E-state index contributed by atoms with van der Waals surface area (Å²) in [6, 6.07) is 4.04. The summed E-state index contributed by atoms with van der Waals surface area (Å²) in [7, 11) is 0. The first-order valence-corrected chi connectivity index (χ1v) is 8.52. The van der Waals surface area contributed by atoms with Crippen LogP contribution in [0.4, 0.5) is 0 Å². The number of rotatable bonds is 2. The number of ether oxygens (including phenoxy) is 1. The van der Waals surface area contributed by atoms with E-state index in [2.05, 4.69) is 0 Å². The van der Waals surface area contributed by atoms with Gasteiger partial charge in [-0.25, -0.2) is 0 Å². The van der Waals surface area contributed by atoms with Gasteiger partial charge in [0.2, 0.25) is 0 Å². The molecule has 1 aromatic rings. The zero-order valence-corrected chi connectivity index (χ0v) is 13.7. The van der Waals surface area contributed by atoms with Crippen molar-refractivity contribution in [1.29, 1.82) is 0 Å². The topological polar surface area (TPSA) is 29.5 Å². The van der Waals surface area contributed by atoms with Gasteiger partial charge in [0, 0.05) is 16.9 Å². The van der Waals surface area contributed by atoms with Crippen molar-refractivity contribution in [2.24, 2.45) is 5.41 Å². The van der Waals surface area contributed by atoms with Crippen LogP contribution in [0.1, 0.15) is 56.1 Å². The van der Waals surface area contributed by atoms with E-state index in [4.69, 9.17) is 16.3 Å². The summed E-state index contributed by atoms with van der Waals surface area (Å²) in [5.74, 6) is 0.898.